The second-order valence-electron chi connectivity index (χ2n) is 5.21. The van der Waals surface area contributed by atoms with Gasteiger partial charge in [0.2, 0.25) is 0 Å². The summed E-state index contributed by atoms with van der Waals surface area (Å²) < 4.78 is 5.08. The first kappa shape index (κ1) is 17.6. The average molecular weight is 370 g/mol. The summed E-state index contributed by atoms with van der Waals surface area (Å²) in [5, 5.41) is 4.81. The molecule has 0 atom stereocenters. The molecule has 0 bridgehead atoms. The van der Waals surface area contributed by atoms with Gasteiger partial charge in [0.05, 0.1) is 17.1 Å². The fraction of sp³-hybridized carbons (Fsp3) is 0.158. The van der Waals surface area contributed by atoms with E-state index in [4.69, 9.17) is 22.8 Å². The zero-order valence-corrected chi connectivity index (χ0v) is 15.2. The molecule has 3 rings (SSSR count). The van der Waals surface area contributed by atoms with Gasteiger partial charge in [0.1, 0.15) is 12.1 Å². The molecule has 0 aliphatic rings. The minimum atomic E-state index is 0.668. The molecule has 0 saturated carbocycles. The van der Waals surface area contributed by atoms with Gasteiger partial charge in [0.15, 0.2) is 0 Å². The summed E-state index contributed by atoms with van der Waals surface area (Å²) in [4.78, 5) is 9.68. The van der Waals surface area contributed by atoms with E-state index in [2.05, 4.69) is 21.2 Å². The van der Waals surface area contributed by atoms with Crippen molar-refractivity contribution in [3.8, 4) is 12.3 Å². The van der Waals surface area contributed by atoms with E-state index in [9.17, 15) is 0 Å². The van der Waals surface area contributed by atoms with Gasteiger partial charge in [-0.2, -0.15) is 0 Å². The lowest BCUT2D eigenvalue weighted by Crippen LogP contribution is -1.97. The van der Waals surface area contributed by atoms with Crippen molar-refractivity contribution in [3.63, 3.8) is 0 Å². The second-order valence-corrected chi connectivity index (χ2v) is 6.76. The van der Waals surface area contributed by atoms with Gasteiger partial charge in [-0.1, -0.05) is 23.6 Å². The van der Waals surface area contributed by atoms with Crippen LogP contribution in [-0.4, -0.2) is 29.4 Å². The fourth-order valence-electron chi connectivity index (χ4n) is 2.33. The highest BCUT2D eigenvalue weighted by Crippen LogP contribution is 2.33. The van der Waals surface area contributed by atoms with Crippen molar-refractivity contribution < 1.29 is 4.74 Å². The van der Waals surface area contributed by atoms with Gasteiger partial charge in [-0.05, 0) is 30.3 Å². The molecule has 0 spiro atoms. The predicted octanol–water partition coefficient (Wildman–Crippen LogP) is 4.75. The van der Waals surface area contributed by atoms with E-state index >= 15 is 0 Å². The molecule has 1 heterocycles. The lowest BCUT2D eigenvalue weighted by molar-refractivity contribution is 0.218. The number of anilines is 2. The number of hydrogen-bond acceptors (Lipinski definition) is 5. The van der Waals surface area contributed by atoms with Crippen LogP contribution in [0.15, 0.2) is 47.6 Å². The Morgan fingerprint density at radius 3 is 2.96 bits per heavy atom. The molecule has 1 aromatic heterocycles. The summed E-state index contributed by atoms with van der Waals surface area (Å²) in [6, 6.07) is 11.5. The van der Waals surface area contributed by atoms with Gasteiger partial charge in [0, 0.05) is 34.4 Å². The number of halogens is 1. The second kappa shape index (κ2) is 8.21. The number of ether oxygens (including phenoxy) is 1. The van der Waals surface area contributed by atoms with Crippen LogP contribution in [0.25, 0.3) is 10.9 Å². The first-order chi connectivity index (χ1) is 12.2. The van der Waals surface area contributed by atoms with Crippen LogP contribution in [0, 0.1) is 12.3 Å². The molecule has 0 fully saturated rings. The largest absolute Gasteiger partial charge is 0.384 e. The summed E-state index contributed by atoms with van der Waals surface area (Å²) in [7, 11) is 1.68. The van der Waals surface area contributed by atoms with Crippen LogP contribution < -0.4 is 5.32 Å². The van der Waals surface area contributed by atoms with Crippen molar-refractivity contribution in [2.24, 2.45) is 0 Å². The Hall–Kier alpha value is -2.26. The van der Waals surface area contributed by atoms with E-state index in [1.54, 1.807) is 18.9 Å². The predicted molar refractivity (Wildman–Crippen MR) is 105 cm³/mol. The number of nitrogens with zero attached hydrogens (tertiary/aromatic N) is 2. The lowest BCUT2D eigenvalue weighted by atomic mass is 10.2. The van der Waals surface area contributed by atoms with Crippen molar-refractivity contribution in [1.29, 1.82) is 0 Å². The standard InChI is InChI=1S/C19H16ClN3OS/c1-3-13-5-4-6-14(9-13)23-19-15-10-16(20)18(25-8-7-24-2)11-17(15)21-12-22-19/h1,4-6,9-12H,7-8H2,2H3,(H,21,22,23). The smallest absolute Gasteiger partial charge is 0.141 e. The quantitative estimate of drug-likeness (QED) is 0.386. The molecule has 1 N–H and O–H groups in total. The Kier molecular flexibility index (Phi) is 5.77. The summed E-state index contributed by atoms with van der Waals surface area (Å²) in [5.74, 6) is 4.14. The third kappa shape index (κ3) is 4.23. The number of terminal acetylenes is 1. The number of benzene rings is 2. The van der Waals surface area contributed by atoms with E-state index in [0.29, 0.717) is 17.4 Å². The Balaban J connectivity index is 1.93. The average Bonchev–Trinajstić information content (AvgIpc) is 2.63. The van der Waals surface area contributed by atoms with Crippen molar-refractivity contribution in [2.45, 2.75) is 4.90 Å². The van der Waals surface area contributed by atoms with Gasteiger partial charge in [-0.15, -0.1) is 18.2 Å². The summed E-state index contributed by atoms with van der Waals surface area (Å²) in [5.41, 5.74) is 2.50. The summed E-state index contributed by atoms with van der Waals surface area (Å²) >= 11 is 8.07. The van der Waals surface area contributed by atoms with E-state index in [0.717, 1.165) is 32.8 Å². The van der Waals surface area contributed by atoms with Gasteiger partial charge in [-0.3, -0.25) is 0 Å². The number of fused-ring (bicyclic) bond motifs is 1. The number of aromatic nitrogens is 2. The molecule has 0 aliphatic carbocycles. The van der Waals surface area contributed by atoms with Gasteiger partial charge < -0.3 is 10.1 Å². The molecule has 0 amide bonds. The molecule has 0 aliphatic heterocycles. The Bertz CT molecular complexity index is 940. The molecular formula is C19H16ClN3OS. The van der Waals surface area contributed by atoms with Crippen molar-refractivity contribution in [1.82, 2.24) is 9.97 Å². The van der Waals surface area contributed by atoms with E-state index in [1.165, 1.54) is 6.33 Å². The summed E-state index contributed by atoms with van der Waals surface area (Å²) in [6.07, 6.45) is 6.99. The molecule has 4 nitrogen and oxygen atoms in total. The molecule has 0 unspecified atom stereocenters. The molecule has 3 aromatic rings. The topological polar surface area (TPSA) is 47.0 Å². The fourth-order valence-corrected chi connectivity index (χ4v) is 3.52. The van der Waals surface area contributed by atoms with Crippen LogP contribution in [0.2, 0.25) is 5.02 Å². The van der Waals surface area contributed by atoms with Crippen molar-refractivity contribution in [3.05, 3.63) is 53.3 Å². The number of hydrogen-bond donors (Lipinski definition) is 1. The van der Waals surface area contributed by atoms with Gasteiger partial charge in [0.25, 0.3) is 0 Å². The molecule has 2 aromatic carbocycles. The first-order valence-electron chi connectivity index (χ1n) is 7.61. The van der Waals surface area contributed by atoms with Crippen LogP contribution in [0.4, 0.5) is 11.5 Å². The van der Waals surface area contributed by atoms with Crippen LogP contribution in [-0.2, 0) is 4.74 Å². The third-order valence-corrected chi connectivity index (χ3v) is 4.97. The maximum Gasteiger partial charge on any atom is 0.141 e. The highest BCUT2D eigenvalue weighted by Gasteiger charge is 2.10. The number of rotatable bonds is 6. The highest BCUT2D eigenvalue weighted by atomic mass is 35.5. The Morgan fingerprint density at radius 1 is 1.28 bits per heavy atom. The van der Waals surface area contributed by atoms with Gasteiger partial charge >= 0.3 is 0 Å². The number of methoxy groups -OCH3 is 1. The third-order valence-electron chi connectivity index (χ3n) is 3.53. The zero-order chi connectivity index (χ0) is 17.6. The first-order valence-corrected chi connectivity index (χ1v) is 8.97. The molecule has 0 saturated heterocycles. The monoisotopic (exact) mass is 369 g/mol. The number of thioether (sulfide) groups is 1. The van der Waals surface area contributed by atoms with E-state index < -0.39 is 0 Å². The molecule has 25 heavy (non-hydrogen) atoms. The Labute approximate surface area is 156 Å². The molecule has 0 radical (unpaired) electrons. The SMILES string of the molecule is C#Cc1cccc(Nc2ncnc3cc(SCCOC)c(Cl)cc23)c1. The summed E-state index contributed by atoms with van der Waals surface area (Å²) in [6.45, 7) is 0.668. The van der Waals surface area contributed by atoms with Crippen LogP contribution in [0.5, 0.6) is 0 Å². The highest BCUT2D eigenvalue weighted by molar-refractivity contribution is 7.99. The van der Waals surface area contributed by atoms with Crippen molar-refractivity contribution >= 4 is 45.8 Å². The van der Waals surface area contributed by atoms with Gasteiger partial charge in [-0.25, -0.2) is 9.97 Å². The minimum Gasteiger partial charge on any atom is -0.384 e. The normalized spacial score (nSPS) is 10.6. The minimum absolute atomic E-state index is 0.668. The van der Waals surface area contributed by atoms with Crippen LogP contribution in [0.3, 0.4) is 0 Å². The van der Waals surface area contributed by atoms with E-state index in [1.807, 2.05) is 36.4 Å². The van der Waals surface area contributed by atoms with Crippen molar-refractivity contribution in [2.75, 3.05) is 24.8 Å². The van der Waals surface area contributed by atoms with E-state index in [-0.39, 0.29) is 0 Å². The Morgan fingerprint density at radius 2 is 2.16 bits per heavy atom. The zero-order valence-electron chi connectivity index (χ0n) is 13.6. The maximum atomic E-state index is 6.43. The molecular weight excluding hydrogens is 354 g/mol. The molecule has 6 heteroatoms. The lowest BCUT2D eigenvalue weighted by Gasteiger charge is -2.11. The van der Waals surface area contributed by atoms with Crippen LogP contribution >= 0.6 is 23.4 Å². The maximum absolute atomic E-state index is 6.43. The molecule has 126 valence electrons. The van der Waals surface area contributed by atoms with Crippen LogP contribution in [0.1, 0.15) is 5.56 Å². The number of nitrogens with one attached hydrogen (secondary N) is 1.